The van der Waals surface area contributed by atoms with Crippen molar-refractivity contribution in [2.24, 2.45) is 0 Å². The Morgan fingerprint density at radius 3 is 2.32 bits per heavy atom. The molecule has 41 heavy (non-hydrogen) atoms. The Kier molecular flexibility index (Phi) is 9.08. The number of Topliss-reactive ketones (excluding diaryl/α,β-unsaturated/α-hetero) is 2. The smallest absolute Gasteiger partial charge is 0.329 e. The molecule has 0 aliphatic rings. The lowest BCUT2D eigenvalue weighted by Crippen LogP contribution is -2.13. The second-order valence-corrected chi connectivity index (χ2v) is 10.0. The monoisotopic (exact) mass is 580 g/mol. The van der Waals surface area contributed by atoms with Gasteiger partial charge in [-0.1, -0.05) is 42.8 Å². The van der Waals surface area contributed by atoms with Gasteiger partial charge in [0.25, 0.3) is 0 Å². The minimum atomic E-state index is -4.59. The quantitative estimate of drug-likeness (QED) is 0.192. The van der Waals surface area contributed by atoms with Crippen molar-refractivity contribution in [1.82, 2.24) is 9.97 Å². The molecular weight excluding hydrogens is 553 g/mol. The number of carbonyl (C=O) groups is 2. The largest absolute Gasteiger partial charge is 0.417 e. The topological polar surface area (TPSA) is 75.2 Å². The number of halogens is 4. The van der Waals surface area contributed by atoms with Gasteiger partial charge in [-0.15, -0.1) is 0 Å². The number of anilines is 4. The Labute approximate surface area is 241 Å². The summed E-state index contributed by atoms with van der Waals surface area (Å²) in [5.41, 5.74) is 3.12. The molecule has 10 heteroatoms. The number of aryl methyl sites for hydroxylation is 1. The van der Waals surface area contributed by atoms with Gasteiger partial charge in [0.05, 0.1) is 10.6 Å². The van der Waals surface area contributed by atoms with E-state index < -0.39 is 16.8 Å². The van der Waals surface area contributed by atoms with Gasteiger partial charge in [-0.3, -0.25) is 9.59 Å². The molecule has 0 spiro atoms. The van der Waals surface area contributed by atoms with Gasteiger partial charge in [-0.25, -0.2) is 4.98 Å². The third kappa shape index (κ3) is 7.49. The minimum absolute atomic E-state index is 0.0614. The maximum absolute atomic E-state index is 13.1. The number of aromatic nitrogens is 2. The Morgan fingerprint density at radius 1 is 0.951 bits per heavy atom. The summed E-state index contributed by atoms with van der Waals surface area (Å²) in [4.78, 5) is 35.5. The van der Waals surface area contributed by atoms with E-state index in [-0.39, 0.29) is 30.0 Å². The van der Waals surface area contributed by atoms with Crippen LogP contribution in [-0.4, -0.2) is 28.6 Å². The summed E-state index contributed by atoms with van der Waals surface area (Å²) in [5.74, 6) is 0.830. The molecule has 0 aliphatic heterocycles. The molecule has 0 aliphatic carbocycles. The van der Waals surface area contributed by atoms with Crippen LogP contribution < -0.4 is 10.2 Å². The molecular formula is C31H28ClF3N4O2. The predicted octanol–water partition coefficient (Wildman–Crippen LogP) is 7.92. The summed E-state index contributed by atoms with van der Waals surface area (Å²) in [6, 6.07) is 18.1. The first kappa shape index (κ1) is 29.7. The third-order valence-corrected chi connectivity index (χ3v) is 6.89. The zero-order chi connectivity index (χ0) is 29.7. The normalized spacial score (nSPS) is 11.3. The molecule has 4 aromatic rings. The molecule has 0 saturated carbocycles. The van der Waals surface area contributed by atoms with Crippen LogP contribution in [0.3, 0.4) is 0 Å². The maximum atomic E-state index is 13.1. The van der Waals surface area contributed by atoms with Crippen LogP contribution in [0.5, 0.6) is 0 Å². The lowest BCUT2D eigenvalue weighted by molar-refractivity contribution is -0.137. The molecule has 0 bridgehead atoms. The van der Waals surface area contributed by atoms with E-state index in [0.717, 1.165) is 28.9 Å². The Bertz CT molecular complexity index is 1570. The molecule has 1 N–H and O–H groups in total. The van der Waals surface area contributed by atoms with Crippen LogP contribution >= 0.6 is 11.6 Å². The number of benzene rings is 3. The molecule has 0 amide bonds. The van der Waals surface area contributed by atoms with E-state index in [0.29, 0.717) is 29.4 Å². The molecule has 0 fully saturated rings. The van der Waals surface area contributed by atoms with Crippen LogP contribution in [-0.2, 0) is 23.8 Å². The van der Waals surface area contributed by atoms with Gasteiger partial charge in [-0.05, 0) is 66.1 Å². The Balaban J connectivity index is 1.41. The summed E-state index contributed by atoms with van der Waals surface area (Å²) in [6.45, 7) is 3.72. The lowest BCUT2D eigenvalue weighted by atomic mass is 10.0. The number of nitrogens with one attached hydrogen (secondary N) is 1. The molecule has 1 aromatic heterocycles. The second kappa shape index (κ2) is 12.5. The fraction of sp³-hybridized carbons (Fsp3) is 0.226. The van der Waals surface area contributed by atoms with E-state index >= 15 is 0 Å². The van der Waals surface area contributed by atoms with Crippen molar-refractivity contribution in [3.8, 4) is 0 Å². The molecule has 0 saturated heterocycles. The third-order valence-electron chi connectivity index (χ3n) is 6.56. The van der Waals surface area contributed by atoms with E-state index in [2.05, 4.69) is 15.3 Å². The molecule has 0 unspecified atom stereocenters. The SMILES string of the molecule is CCC(=O)c1cc(Nc2nccc(N(C)c3ccc(CC(=O)Cc4ccc(Cl)c(C(F)(F)F)c4)cc3)n2)ccc1C. The molecule has 3 aromatic carbocycles. The van der Waals surface area contributed by atoms with Gasteiger partial charge in [0.15, 0.2) is 5.78 Å². The summed E-state index contributed by atoms with van der Waals surface area (Å²) in [5, 5.41) is 2.76. The van der Waals surface area contributed by atoms with Crippen molar-refractivity contribution < 1.29 is 22.8 Å². The van der Waals surface area contributed by atoms with E-state index in [1.807, 2.05) is 50.1 Å². The van der Waals surface area contributed by atoms with E-state index in [1.54, 1.807) is 30.5 Å². The molecule has 212 valence electrons. The molecule has 4 rings (SSSR count). The van der Waals surface area contributed by atoms with Crippen molar-refractivity contribution >= 4 is 46.3 Å². The van der Waals surface area contributed by atoms with Crippen LogP contribution in [0.25, 0.3) is 0 Å². The first-order valence-corrected chi connectivity index (χ1v) is 13.3. The van der Waals surface area contributed by atoms with Crippen molar-refractivity contribution in [3.63, 3.8) is 0 Å². The summed E-state index contributed by atoms with van der Waals surface area (Å²) in [6.07, 6.45) is -2.60. The van der Waals surface area contributed by atoms with Crippen molar-refractivity contribution in [1.29, 1.82) is 0 Å². The highest BCUT2D eigenvalue weighted by Crippen LogP contribution is 2.35. The van der Waals surface area contributed by atoms with Crippen molar-refractivity contribution in [2.45, 2.75) is 39.3 Å². The average Bonchev–Trinajstić information content (AvgIpc) is 2.94. The molecule has 1 heterocycles. The second-order valence-electron chi connectivity index (χ2n) is 9.60. The highest BCUT2D eigenvalue weighted by atomic mass is 35.5. The fourth-order valence-corrected chi connectivity index (χ4v) is 4.53. The zero-order valence-electron chi connectivity index (χ0n) is 22.7. The van der Waals surface area contributed by atoms with Crippen LogP contribution in [0.4, 0.5) is 36.3 Å². The average molecular weight is 581 g/mol. The van der Waals surface area contributed by atoms with Gasteiger partial charge < -0.3 is 10.2 Å². The lowest BCUT2D eigenvalue weighted by Gasteiger charge is -2.19. The number of nitrogens with zero attached hydrogens (tertiary/aromatic N) is 3. The number of hydrogen-bond donors (Lipinski definition) is 1. The zero-order valence-corrected chi connectivity index (χ0v) is 23.5. The van der Waals surface area contributed by atoms with Crippen LogP contribution in [0.2, 0.25) is 5.02 Å². The minimum Gasteiger partial charge on any atom is -0.329 e. The number of hydrogen-bond acceptors (Lipinski definition) is 6. The van der Waals surface area contributed by atoms with Crippen molar-refractivity contribution in [3.05, 3.63) is 106 Å². The van der Waals surface area contributed by atoms with Crippen LogP contribution in [0.15, 0.2) is 72.9 Å². The van der Waals surface area contributed by atoms with Crippen LogP contribution in [0.1, 0.15) is 46.0 Å². The van der Waals surface area contributed by atoms with Gasteiger partial charge >= 0.3 is 6.18 Å². The summed E-state index contributed by atoms with van der Waals surface area (Å²) in [7, 11) is 1.84. The van der Waals surface area contributed by atoms with E-state index in [1.165, 1.54) is 6.07 Å². The molecule has 6 nitrogen and oxygen atoms in total. The molecule has 0 radical (unpaired) electrons. The Morgan fingerprint density at radius 2 is 1.63 bits per heavy atom. The van der Waals surface area contributed by atoms with Crippen LogP contribution in [0, 0.1) is 6.92 Å². The fourth-order valence-electron chi connectivity index (χ4n) is 4.30. The standard InChI is InChI=1S/C31H28ClF3N4O2/c1-4-28(41)25-18-22(9-5-19(25)2)37-30-36-14-13-29(38-30)39(3)23-10-6-20(7-11-23)15-24(40)16-21-8-12-27(32)26(17-21)31(33,34)35/h5-14,17-18H,4,15-16H2,1-3H3,(H,36,37,38). The predicted molar refractivity (Wildman–Crippen MR) is 154 cm³/mol. The van der Waals surface area contributed by atoms with Gasteiger partial charge in [0, 0.05) is 49.4 Å². The first-order valence-electron chi connectivity index (χ1n) is 12.9. The van der Waals surface area contributed by atoms with Gasteiger partial charge in [0.2, 0.25) is 5.95 Å². The van der Waals surface area contributed by atoms with E-state index in [9.17, 15) is 22.8 Å². The highest BCUT2D eigenvalue weighted by molar-refractivity contribution is 6.31. The van der Waals surface area contributed by atoms with Crippen molar-refractivity contribution in [2.75, 3.05) is 17.3 Å². The number of alkyl halides is 3. The van der Waals surface area contributed by atoms with E-state index in [4.69, 9.17) is 11.6 Å². The summed E-state index contributed by atoms with van der Waals surface area (Å²) < 4.78 is 39.4. The number of rotatable bonds is 10. The maximum Gasteiger partial charge on any atom is 0.417 e. The van der Waals surface area contributed by atoms with Gasteiger partial charge in [-0.2, -0.15) is 18.2 Å². The molecule has 0 atom stereocenters. The number of carbonyl (C=O) groups excluding carboxylic acids is 2. The Hall–Kier alpha value is -4.24. The van der Waals surface area contributed by atoms with Gasteiger partial charge in [0.1, 0.15) is 11.6 Å². The highest BCUT2D eigenvalue weighted by Gasteiger charge is 2.33. The number of ketones is 2. The first-order chi connectivity index (χ1) is 19.4. The summed E-state index contributed by atoms with van der Waals surface area (Å²) >= 11 is 5.67.